The molecule has 3 nitrogen and oxygen atoms in total. The highest BCUT2D eigenvalue weighted by atomic mass is 16.5. The van der Waals surface area contributed by atoms with Gasteiger partial charge in [0, 0.05) is 6.07 Å². The molecule has 3 heteroatoms. The van der Waals surface area contributed by atoms with Gasteiger partial charge in [-0.25, -0.2) is 0 Å². The van der Waals surface area contributed by atoms with Crippen LogP contribution in [-0.2, 0) is 0 Å². The third-order valence-corrected chi connectivity index (χ3v) is 3.00. The molecule has 0 radical (unpaired) electrons. The summed E-state index contributed by atoms with van der Waals surface area (Å²) in [5, 5.41) is 9.75. The second-order valence-electron chi connectivity index (χ2n) is 4.50. The Labute approximate surface area is 119 Å². The molecule has 0 saturated carbocycles. The van der Waals surface area contributed by atoms with Gasteiger partial charge in [-0.1, -0.05) is 25.1 Å². The van der Waals surface area contributed by atoms with Crippen LogP contribution in [0.4, 0.5) is 0 Å². The van der Waals surface area contributed by atoms with Gasteiger partial charge in [-0.15, -0.1) is 0 Å². The Morgan fingerprint density at radius 2 is 1.65 bits per heavy atom. The highest BCUT2D eigenvalue weighted by Crippen LogP contribution is 2.26. The second kappa shape index (κ2) is 6.96. The van der Waals surface area contributed by atoms with E-state index in [-0.39, 0.29) is 0 Å². The molecule has 0 saturated heterocycles. The van der Waals surface area contributed by atoms with Crippen molar-refractivity contribution in [3.8, 4) is 17.2 Å². The van der Waals surface area contributed by atoms with Gasteiger partial charge in [0.25, 0.3) is 0 Å². The molecular weight excluding hydrogens is 252 g/mol. The first kappa shape index (κ1) is 14.4. The van der Waals surface area contributed by atoms with Gasteiger partial charge >= 0.3 is 0 Å². The topological polar surface area (TPSA) is 38.7 Å². The lowest BCUT2D eigenvalue weighted by Gasteiger charge is -2.10. The number of ether oxygens (including phenoxy) is 2. The molecule has 1 unspecified atom stereocenters. The lowest BCUT2D eigenvalue weighted by atomic mass is 10.1. The minimum Gasteiger partial charge on any atom is -0.494 e. The van der Waals surface area contributed by atoms with Crippen LogP contribution in [0.3, 0.4) is 0 Å². The zero-order valence-corrected chi connectivity index (χ0v) is 11.9. The van der Waals surface area contributed by atoms with Crippen LogP contribution in [0.1, 0.15) is 31.9 Å². The van der Waals surface area contributed by atoms with E-state index in [0.717, 1.165) is 22.8 Å². The molecule has 0 fully saturated rings. The van der Waals surface area contributed by atoms with Crippen molar-refractivity contribution in [3.63, 3.8) is 0 Å². The first-order valence-electron chi connectivity index (χ1n) is 6.91. The third-order valence-electron chi connectivity index (χ3n) is 3.00. The van der Waals surface area contributed by atoms with Gasteiger partial charge in [-0.05, 0) is 43.2 Å². The summed E-state index contributed by atoms with van der Waals surface area (Å²) < 4.78 is 11.2. The fourth-order valence-electron chi connectivity index (χ4n) is 1.92. The molecule has 0 amide bonds. The van der Waals surface area contributed by atoms with E-state index >= 15 is 0 Å². The van der Waals surface area contributed by atoms with Gasteiger partial charge in [0.05, 0.1) is 12.7 Å². The Morgan fingerprint density at radius 1 is 0.950 bits per heavy atom. The number of benzene rings is 2. The summed E-state index contributed by atoms with van der Waals surface area (Å²) in [5.41, 5.74) is 0.905. The molecule has 2 aromatic rings. The van der Waals surface area contributed by atoms with Crippen molar-refractivity contribution in [2.45, 2.75) is 26.4 Å². The number of rotatable bonds is 6. The lowest BCUT2D eigenvalue weighted by Crippen LogP contribution is -1.95. The van der Waals surface area contributed by atoms with E-state index in [4.69, 9.17) is 9.47 Å². The van der Waals surface area contributed by atoms with E-state index in [0.29, 0.717) is 13.0 Å². The van der Waals surface area contributed by atoms with Gasteiger partial charge < -0.3 is 14.6 Å². The van der Waals surface area contributed by atoms with Gasteiger partial charge in [0.15, 0.2) is 0 Å². The van der Waals surface area contributed by atoms with Gasteiger partial charge in [-0.2, -0.15) is 0 Å². The number of hydrogen-bond donors (Lipinski definition) is 1. The summed E-state index contributed by atoms with van der Waals surface area (Å²) in [5.74, 6) is 2.27. The summed E-state index contributed by atoms with van der Waals surface area (Å²) >= 11 is 0. The average molecular weight is 272 g/mol. The van der Waals surface area contributed by atoms with E-state index in [2.05, 4.69) is 0 Å². The molecule has 0 aliphatic rings. The predicted octanol–water partition coefficient (Wildman–Crippen LogP) is 4.32. The molecule has 0 aliphatic carbocycles. The molecule has 20 heavy (non-hydrogen) atoms. The van der Waals surface area contributed by atoms with Crippen LogP contribution in [0.5, 0.6) is 17.2 Å². The lowest BCUT2D eigenvalue weighted by molar-refractivity contribution is 0.173. The maximum atomic E-state index is 9.75. The van der Waals surface area contributed by atoms with Crippen molar-refractivity contribution >= 4 is 0 Å². The van der Waals surface area contributed by atoms with Crippen LogP contribution in [-0.4, -0.2) is 11.7 Å². The molecule has 2 aromatic carbocycles. The predicted molar refractivity (Wildman–Crippen MR) is 79.4 cm³/mol. The first-order chi connectivity index (χ1) is 9.72. The van der Waals surface area contributed by atoms with Gasteiger partial charge in [0.2, 0.25) is 0 Å². The van der Waals surface area contributed by atoms with Crippen LogP contribution >= 0.6 is 0 Å². The van der Waals surface area contributed by atoms with E-state index in [1.165, 1.54) is 0 Å². The average Bonchev–Trinajstić information content (AvgIpc) is 2.48. The molecule has 0 spiro atoms. The van der Waals surface area contributed by atoms with E-state index in [1.54, 1.807) is 0 Å². The quantitative estimate of drug-likeness (QED) is 0.851. The zero-order chi connectivity index (χ0) is 14.4. The summed E-state index contributed by atoms with van der Waals surface area (Å²) in [4.78, 5) is 0. The third kappa shape index (κ3) is 3.75. The van der Waals surface area contributed by atoms with E-state index < -0.39 is 6.10 Å². The van der Waals surface area contributed by atoms with Crippen LogP contribution in [0.2, 0.25) is 0 Å². The molecule has 1 N–H and O–H groups in total. The summed E-state index contributed by atoms with van der Waals surface area (Å²) in [6, 6.07) is 15.0. The minimum absolute atomic E-state index is 0.412. The Bertz CT molecular complexity index is 534. The van der Waals surface area contributed by atoms with Crippen molar-refractivity contribution in [2.24, 2.45) is 0 Å². The number of aliphatic hydroxyl groups is 1. The minimum atomic E-state index is -0.412. The summed E-state index contributed by atoms with van der Waals surface area (Å²) in [6.45, 7) is 4.53. The molecule has 1 atom stereocenters. The fourth-order valence-corrected chi connectivity index (χ4v) is 1.92. The smallest absolute Gasteiger partial charge is 0.131 e. The van der Waals surface area contributed by atoms with Crippen molar-refractivity contribution in [2.75, 3.05) is 6.61 Å². The maximum Gasteiger partial charge on any atom is 0.131 e. The Balaban J connectivity index is 2.08. The van der Waals surface area contributed by atoms with Gasteiger partial charge in [0.1, 0.15) is 17.2 Å². The first-order valence-corrected chi connectivity index (χ1v) is 6.91. The van der Waals surface area contributed by atoms with Crippen LogP contribution in [0.15, 0.2) is 48.5 Å². The monoisotopic (exact) mass is 272 g/mol. The molecule has 0 aliphatic heterocycles. The Kier molecular flexibility index (Phi) is 5.02. The van der Waals surface area contributed by atoms with Crippen molar-refractivity contribution in [1.82, 2.24) is 0 Å². The fraction of sp³-hybridized carbons (Fsp3) is 0.294. The maximum absolute atomic E-state index is 9.75. The van der Waals surface area contributed by atoms with Crippen molar-refractivity contribution < 1.29 is 14.6 Å². The highest BCUT2D eigenvalue weighted by Gasteiger charge is 2.05. The molecule has 0 heterocycles. The second-order valence-corrected chi connectivity index (χ2v) is 4.50. The number of aliphatic hydroxyl groups excluding tert-OH is 1. The van der Waals surface area contributed by atoms with Crippen molar-refractivity contribution in [1.29, 1.82) is 0 Å². The van der Waals surface area contributed by atoms with E-state index in [9.17, 15) is 5.11 Å². The Hall–Kier alpha value is -2.00. The molecule has 0 aromatic heterocycles. The molecule has 2 rings (SSSR count). The standard InChI is InChI=1S/C17H20O3/c1-3-17(18)13-8-10-14(11-9-13)20-16-7-5-6-15(12-16)19-4-2/h5-12,17-18H,3-4H2,1-2H3. The molecule has 0 bridgehead atoms. The van der Waals surface area contributed by atoms with Crippen LogP contribution < -0.4 is 9.47 Å². The SMILES string of the molecule is CCOc1cccc(Oc2ccc(C(O)CC)cc2)c1. The van der Waals surface area contributed by atoms with Crippen LogP contribution in [0, 0.1) is 0 Å². The summed E-state index contributed by atoms with van der Waals surface area (Å²) in [6.07, 6.45) is 0.293. The normalized spacial score (nSPS) is 11.9. The van der Waals surface area contributed by atoms with E-state index in [1.807, 2.05) is 62.4 Å². The zero-order valence-electron chi connectivity index (χ0n) is 11.9. The molecule has 106 valence electrons. The van der Waals surface area contributed by atoms with Gasteiger partial charge in [-0.3, -0.25) is 0 Å². The Morgan fingerprint density at radius 3 is 2.30 bits per heavy atom. The molecular formula is C17H20O3. The van der Waals surface area contributed by atoms with Crippen LogP contribution in [0.25, 0.3) is 0 Å². The van der Waals surface area contributed by atoms with Crippen molar-refractivity contribution in [3.05, 3.63) is 54.1 Å². The highest BCUT2D eigenvalue weighted by molar-refractivity contribution is 5.37. The number of hydrogen-bond acceptors (Lipinski definition) is 3. The summed E-state index contributed by atoms with van der Waals surface area (Å²) in [7, 11) is 0. The largest absolute Gasteiger partial charge is 0.494 e.